The lowest BCUT2D eigenvalue weighted by molar-refractivity contribution is 0.0697. The molecule has 0 amide bonds. The number of allylic oxidation sites excluding steroid dienone is 1. The van der Waals surface area contributed by atoms with E-state index in [4.69, 9.17) is 5.11 Å². The van der Waals surface area contributed by atoms with Gasteiger partial charge in [-0.1, -0.05) is 63.1 Å². The minimum Gasteiger partial charge on any atom is -0.478 e. The molecule has 138 valence electrons. The Morgan fingerprint density at radius 3 is 2.04 bits per heavy atom. The third-order valence-corrected chi connectivity index (χ3v) is 4.80. The van der Waals surface area contributed by atoms with Gasteiger partial charge in [0, 0.05) is 0 Å². The smallest absolute Gasteiger partial charge is 0.335 e. The average Bonchev–Trinajstić information content (AvgIpc) is 2.65. The Labute approximate surface area is 157 Å². The molecule has 2 aromatic carbocycles. The second kappa shape index (κ2) is 9.96. The van der Waals surface area contributed by atoms with E-state index in [1.807, 2.05) is 12.1 Å². The fraction of sp³-hybridized carbons (Fsp3) is 0.375. The van der Waals surface area contributed by atoms with Gasteiger partial charge in [-0.05, 0) is 72.6 Å². The largest absolute Gasteiger partial charge is 0.478 e. The fourth-order valence-corrected chi connectivity index (χ4v) is 3.14. The average molecular weight is 351 g/mol. The van der Waals surface area contributed by atoms with Gasteiger partial charge in [0.1, 0.15) is 0 Å². The highest BCUT2D eigenvalue weighted by Gasteiger charge is 2.06. The SMILES string of the molecule is CCCCc1ccc(C(C)=Cc2ccc(C(=O)O)cc2)cc1CCCC. The fourth-order valence-electron chi connectivity index (χ4n) is 3.14. The molecule has 2 nitrogen and oxygen atoms in total. The van der Waals surface area contributed by atoms with E-state index >= 15 is 0 Å². The van der Waals surface area contributed by atoms with E-state index in [-0.39, 0.29) is 0 Å². The molecule has 1 N–H and O–H groups in total. The van der Waals surface area contributed by atoms with Crippen LogP contribution in [0.3, 0.4) is 0 Å². The molecule has 26 heavy (non-hydrogen) atoms. The number of carbonyl (C=O) groups is 1. The van der Waals surface area contributed by atoms with Gasteiger partial charge in [-0.15, -0.1) is 0 Å². The van der Waals surface area contributed by atoms with Crippen LogP contribution in [0.1, 0.15) is 79.1 Å². The highest BCUT2D eigenvalue weighted by Crippen LogP contribution is 2.23. The summed E-state index contributed by atoms with van der Waals surface area (Å²) in [5, 5.41) is 9.01. The van der Waals surface area contributed by atoms with Crippen LogP contribution in [0.4, 0.5) is 0 Å². The van der Waals surface area contributed by atoms with Crippen LogP contribution in [0.5, 0.6) is 0 Å². The first-order valence-electron chi connectivity index (χ1n) is 9.69. The first-order valence-corrected chi connectivity index (χ1v) is 9.69. The molecular weight excluding hydrogens is 320 g/mol. The van der Waals surface area contributed by atoms with Crippen molar-refractivity contribution in [1.29, 1.82) is 0 Å². The summed E-state index contributed by atoms with van der Waals surface area (Å²) in [7, 11) is 0. The predicted molar refractivity (Wildman–Crippen MR) is 111 cm³/mol. The standard InChI is InChI=1S/C24H30O2/c1-4-6-8-20-14-15-22(17-23(20)9-7-5-2)18(3)16-19-10-12-21(13-11-19)24(25)26/h10-17H,4-9H2,1-3H3,(H,25,26). The third-order valence-electron chi connectivity index (χ3n) is 4.80. The predicted octanol–water partition coefficient (Wildman–Crippen LogP) is 6.63. The van der Waals surface area contributed by atoms with E-state index in [0.29, 0.717) is 5.56 Å². The number of unbranched alkanes of at least 4 members (excludes halogenated alkanes) is 2. The van der Waals surface area contributed by atoms with Gasteiger partial charge in [-0.25, -0.2) is 4.79 Å². The van der Waals surface area contributed by atoms with E-state index in [2.05, 4.69) is 45.0 Å². The van der Waals surface area contributed by atoms with Crippen molar-refractivity contribution in [3.05, 3.63) is 70.3 Å². The Hall–Kier alpha value is -2.35. The molecule has 0 aliphatic heterocycles. The van der Waals surface area contributed by atoms with Gasteiger partial charge in [0.2, 0.25) is 0 Å². The molecule has 0 fully saturated rings. The van der Waals surface area contributed by atoms with Crippen molar-refractivity contribution in [2.45, 2.75) is 59.3 Å². The number of hydrogen-bond acceptors (Lipinski definition) is 1. The van der Waals surface area contributed by atoms with Crippen LogP contribution in [0.2, 0.25) is 0 Å². The van der Waals surface area contributed by atoms with Crippen LogP contribution in [-0.4, -0.2) is 11.1 Å². The molecule has 2 rings (SSSR count). The summed E-state index contributed by atoms with van der Waals surface area (Å²) in [6.45, 7) is 6.60. The molecule has 0 bridgehead atoms. The zero-order valence-electron chi connectivity index (χ0n) is 16.2. The number of carboxylic acids is 1. The summed E-state index contributed by atoms with van der Waals surface area (Å²) < 4.78 is 0. The molecule has 0 heterocycles. The first kappa shape index (κ1) is 20.0. The maximum absolute atomic E-state index is 11.0. The van der Waals surface area contributed by atoms with Crippen LogP contribution in [0.25, 0.3) is 11.6 Å². The van der Waals surface area contributed by atoms with Crippen LogP contribution >= 0.6 is 0 Å². The Bertz CT molecular complexity index is 754. The Morgan fingerprint density at radius 2 is 1.46 bits per heavy atom. The molecule has 2 heteroatoms. The Morgan fingerprint density at radius 1 is 0.885 bits per heavy atom. The summed E-state index contributed by atoms with van der Waals surface area (Å²) in [5.41, 5.74) is 6.76. The third kappa shape index (κ3) is 5.59. The van der Waals surface area contributed by atoms with E-state index in [0.717, 1.165) is 18.4 Å². The van der Waals surface area contributed by atoms with Crippen molar-refractivity contribution in [3.8, 4) is 0 Å². The summed E-state index contributed by atoms with van der Waals surface area (Å²) in [6, 6.07) is 13.9. The highest BCUT2D eigenvalue weighted by molar-refractivity contribution is 5.88. The Kier molecular flexibility index (Phi) is 7.65. The van der Waals surface area contributed by atoms with Crippen molar-refractivity contribution in [1.82, 2.24) is 0 Å². The van der Waals surface area contributed by atoms with Crippen LogP contribution in [0.15, 0.2) is 42.5 Å². The van der Waals surface area contributed by atoms with Crippen LogP contribution in [-0.2, 0) is 12.8 Å². The zero-order valence-corrected chi connectivity index (χ0v) is 16.2. The van der Waals surface area contributed by atoms with Crippen molar-refractivity contribution in [3.63, 3.8) is 0 Å². The molecule has 0 unspecified atom stereocenters. The minimum absolute atomic E-state index is 0.321. The van der Waals surface area contributed by atoms with Gasteiger partial charge in [-0.2, -0.15) is 0 Å². The molecule has 2 aromatic rings. The molecule has 0 atom stereocenters. The van der Waals surface area contributed by atoms with Gasteiger partial charge in [0.15, 0.2) is 0 Å². The maximum atomic E-state index is 11.0. The number of aromatic carboxylic acids is 1. The molecule has 0 saturated heterocycles. The summed E-state index contributed by atoms with van der Waals surface area (Å²) in [6.07, 6.45) is 9.32. The summed E-state index contributed by atoms with van der Waals surface area (Å²) in [4.78, 5) is 11.0. The molecule has 0 aromatic heterocycles. The van der Waals surface area contributed by atoms with Gasteiger partial charge >= 0.3 is 5.97 Å². The maximum Gasteiger partial charge on any atom is 0.335 e. The van der Waals surface area contributed by atoms with Gasteiger partial charge in [-0.3, -0.25) is 0 Å². The molecule has 0 radical (unpaired) electrons. The van der Waals surface area contributed by atoms with Crippen LogP contribution < -0.4 is 0 Å². The van der Waals surface area contributed by atoms with E-state index in [1.54, 1.807) is 12.1 Å². The summed E-state index contributed by atoms with van der Waals surface area (Å²) in [5.74, 6) is -0.888. The molecule has 0 saturated carbocycles. The van der Waals surface area contributed by atoms with Crippen molar-refractivity contribution in [2.75, 3.05) is 0 Å². The van der Waals surface area contributed by atoms with E-state index in [1.165, 1.54) is 47.9 Å². The zero-order chi connectivity index (χ0) is 18.9. The lowest BCUT2D eigenvalue weighted by Crippen LogP contribution is -1.97. The molecule has 0 aliphatic carbocycles. The second-order valence-corrected chi connectivity index (χ2v) is 6.95. The first-order chi connectivity index (χ1) is 12.5. The van der Waals surface area contributed by atoms with E-state index < -0.39 is 5.97 Å². The number of benzene rings is 2. The lowest BCUT2D eigenvalue weighted by atomic mass is 9.93. The van der Waals surface area contributed by atoms with Crippen LogP contribution in [0, 0.1) is 0 Å². The molecular formula is C24H30O2. The number of hydrogen-bond donors (Lipinski definition) is 1. The van der Waals surface area contributed by atoms with Gasteiger partial charge < -0.3 is 5.11 Å². The molecule has 0 spiro atoms. The summed E-state index contributed by atoms with van der Waals surface area (Å²) >= 11 is 0. The normalized spacial score (nSPS) is 11.6. The number of rotatable bonds is 9. The van der Waals surface area contributed by atoms with Gasteiger partial charge in [0.25, 0.3) is 0 Å². The number of aryl methyl sites for hydroxylation is 2. The quantitative estimate of drug-likeness (QED) is 0.515. The minimum atomic E-state index is -0.888. The van der Waals surface area contributed by atoms with Crippen molar-refractivity contribution in [2.24, 2.45) is 0 Å². The topological polar surface area (TPSA) is 37.3 Å². The molecule has 0 aliphatic rings. The Balaban J connectivity index is 2.26. The highest BCUT2D eigenvalue weighted by atomic mass is 16.4. The number of carboxylic acid groups (broad SMARTS) is 1. The van der Waals surface area contributed by atoms with Gasteiger partial charge in [0.05, 0.1) is 5.56 Å². The monoisotopic (exact) mass is 350 g/mol. The second-order valence-electron chi connectivity index (χ2n) is 6.95. The van der Waals surface area contributed by atoms with Crippen molar-refractivity contribution < 1.29 is 9.90 Å². The van der Waals surface area contributed by atoms with Crippen molar-refractivity contribution >= 4 is 17.6 Å². The van der Waals surface area contributed by atoms with E-state index in [9.17, 15) is 4.79 Å². The lowest BCUT2D eigenvalue weighted by Gasteiger charge is -2.12.